The van der Waals surface area contributed by atoms with Crippen LogP contribution in [-0.4, -0.2) is 23.0 Å². The van der Waals surface area contributed by atoms with E-state index in [0.29, 0.717) is 15.2 Å². The number of halogens is 2. The second-order valence-electron chi connectivity index (χ2n) is 9.42. The van der Waals surface area contributed by atoms with Crippen LogP contribution in [0.2, 0.25) is 10.0 Å². The second kappa shape index (κ2) is 7.46. The number of hydrogen-bond donors (Lipinski definition) is 1. The van der Waals surface area contributed by atoms with Gasteiger partial charge in [-0.15, -0.1) is 11.3 Å². The highest BCUT2D eigenvalue weighted by atomic mass is 35.5. The fourth-order valence-electron chi connectivity index (χ4n) is 6.01. The molecule has 31 heavy (non-hydrogen) atoms. The van der Waals surface area contributed by atoms with Crippen LogP contribution in [0.5, 0.6) is 0 Å². The Bertz CT molecular complexity index is 1070. The van der Waals surface area contributed by atoms with Gasteiger partial charge >= 0.3 is 5.97 Å². The topological polar surface area (TPSA) is 68.3 Å². The SMILES string of the molecule is C[C@@H]1C(=O)O[C@H]2[C@H]1CC[C@@]1(C)Cc3sc(NC(=O)c4c(Cl)cccc4Cl)nc3[C@@H](C)[C@H]21. The molecule has 3 aliphatic rings. The van der Waals surface area contributed by atoms with Crippen molar-refractivity contribution in [2.75, 3.05) is 5.32 Å². The summed E-state index contributed by atoms with van der Waals surface area (Å²) in [4.78, 5) is 31.1. The molecule has 2 aliphatic carbocycles. The smallest absolute Gasteiger partial charge is 0.309 e. The van der Waals surface area contributed by atoms with E-state index in [-0.39, 0.29) is 52.6 Å². The highest BCUT2D eigenvalue weighted by Crippen LogP contribution is 2.59. The monoisotopic (exact) mass is 478 g/mol. The highest BCUT2D eigenvalue weighted by Gasteiger charge is 2.58. The fourth-order valence-corrected chi connectivity index (χ4v) is 7.83. The Hall–Kier alpha value is -1.63. The molecule has 0 unspecified atom stereocenters. The van der Waals surface area contributed by atoms with Crippen molar-refractivity contribution in [1.29, 1.82) is 0 Å². The maximum Gasteiger partial charge on any atom is 0.309 e. The minimum atomic E-state index is -0.364. The number of fused-ring (bicyclic) bond motifs is 4. The zero-order valence-corrected chi connectivity index (χ0v) is 19.9. The molecule has 1 aromatic heterocycles. The number of benzene rings is 1. The van der Waals surface area contributed by atoms with Gasteiger partial charge in [-0.25, -0.2) is 4.98 Å². The van der Waals surface area contributed by atoms with Crippen LogP contribution in [0, 0.1) is 23.2 Å². The van der Waals surface area contributed by atoms with Gasteiger partial charge in [0.1, 0.15) is 6.10 Å². The van der Waals surface area contributed by atoms with Gasteiger partial charge in [0, 0.05) is 22.6 Å². The van der Waals surface area contributed by atoms with E-state index < -0.39 is 0 Å². The number of thiazole rings is 1. The van der Waals surface area contributed by atoms with Crippen molar-refractivity contribution in [1.82, 2.24) is 4.98 Å². The Morgan fingerprint density at radius 3 is 2.68 bits per heavy atom. The minimum Gasteiger partial charge on any atom is -0.461 e. The van der Waals surface area contributed by atoms with Gasteiger partial charge in [-0.05, 0) is 36.8 Å². The number of anilines is 1. The summed E-state index contributed by atoms with van der Waals surface area (Å²) in [5.41, 5.74) is 1.31. The lowest BCUT2D eigenvalue weighted by atomic mass is 9.54. The Morgan fingerprint density at radius 2 is 1.97 bits per heavy atom. The van der Waals surface area contributed by atoms with E-state index in [1.165, 1.54) is 16.2 Å². The average Bonchev–Trinajstić information content (AvgIpc) is 3.21. The number of ether oxygens (including phenoxy) is 1. The summed E-state index contributed by atoms with van der Waals surface area (Å²) in [6, 6.07) is 4.99. The number of esters is 1. The van der Waals surface area contributed by atoms with E-state index in [9.17, 15) is 9.59 Å². The van der Waals surface area contributed by atoms with Gasteiger partial charge in [0.25, 0.3) is 5.91 Å². The Balaban J connectivity index is 1.44. The lowest BCUT2D eigenvalue weighted by Crippen LogP contribution is -2.50. The fraction of sp³-hybridized carbons (Fsp3) is 0.522. The van der Waals surface area contributed by atoms with Crippen molar-refractivity contribution in [3.8, 4) is 0 Å². The Morgan fingerprint density at radius 1 is 1.26 bits per heavy atom. The largest absolute Gasteiger partial charge is 0.461 e. The van der Waals surface area contributed by atoms with Crippen LogP contribution in [0.1, 0.15) is 60.5 Å². The molecule has 1 saturated heterocycles. The van der Waals surface area contributed by atoms with E-state index >= 15 is 0 Å². The number of rotatable bonds is 2. The molecular weight excluding hydrogens is 455 g/mol. The van der Waals surface area contributed by atoms with Crippen LogP contribution in [0.3, 0.4) is 0 Å². The predicted octanol–water partition coefficient (Wildman–Crippen LogP) is 5.96. The lowest BCUT2D eigenvalue weighted by molar-refractivity contribution is -0.149. The first-order valence-electron chi connectivity index (χ1n) is 10.6. The maximum atomic E-state index is 12.8. The summed E-state index contributed by atoms with van der Waals surface area (Å²) >= 11 is 13.9. The molecule has 2 fully saturated rings. The lowest BCUT2D eigenvalue weighted by Gasteiger charge is -2.51. The van der Waals surface area contributed by atoms with E-state index in [4.69, 9.17) is 32.9 Å². The molecule has 1 aromatic carbocycles. The Kier molecular flexibility index (Phi) is 5.11. The number of amides is 1. The number of aromatic nitrogens is 1. The van der Waals surface area contributed by atoms with E-state index in [0.717, 1.165) is 25.0 Å². The van der Waals surface area contributed by atoms with Crippen LogP contribution in [0.25, 0.3) is 0 Å². The molecule has 5 rings (SSSR count). The van der Waals surface area contributed by atoms with Crippen LogP contribution in [0.4, 0.5) is 5.13 Å². The molecular formula is C23H24Cl2N2O3S. The standard InChI is InChI=1S/C23H24Cl2N2O3S/c1-10-12-7-8-23(3)9-15-18(11(2)17(23)19(12)30-21(10)29)26-22(31-15)27-20(28)16-13(24)5-4-6-14(16)25/h4-6,10-12,17,19H,7-9H2,1-3H3,(H,26,27,28)/t10-,11-,12-,17+,19-,23-/m0/s1. The van der Waals surface area contributed by atoms with Crippen molar-refractivity contribution in [2.24, 2.45) is 23.2 Å². The van der Waals surface area contributed by atoms with E-state index in [1.54, 1.807) is 18.2 Å². The molecule has 1 aliphatic heterocycles. The number of carbonyl (C=O) groups excluding carboxylic acids is 2. The summed E-state index contributed by atoms with van der Waals surface area (Å²) in [6.07, 6.45) is 2.91. The first-order chi connectivity index (χ1) is 14.7. The van der Waals surface area contributed by atoms with Crippen LogP contribution in [-0.2, 0) is 16.0 Å². The van der Waals surface area contributed by atoms with Crippen molar-refractivity contribution in [2.45, 2.75) is 52.1 Å². The summed E-state index contributed by atoms with van der Waals surface area (Å²) in [5.74, 6) is 0.196. The quantitative estimate of drug-likeness (QED) is 0.540. The number of carbonyl (C=O) groups is 2. The van der Waals surface area contributed by atoms with Crippen molar-refractivity contribution < 1.29 is 14.3 Å². The van der Waals surface area contributed by atoms with Crippen LogP contribution >= 0.6 is 34.5 Å². The first-order valence-corrected chi connectivity index (χ1v) is 12.2. The van der Waals surface area contributed by atoms with Gasteiger partial charge in [0.15, 0.2) is 5.13 Å². The molecule has 0 spiro atoms. The van der Waals surface area contributed by atoms with Crippen LogP contribution < -0.4 is 5.32 Å². The van der Waals surface area contributed by atoms with Crippen molar-refractivity contribution in [3.63, 3.8) is 0 Å². The van der Waals surface area contributed by atoms with Gasteiger partial charge in [-0.2, -0.15) is 0 Å². The van der Waals surface area contributed by atoms with E-state index in [1.807, 2.05) is 6.92 Å². The first kappa shape index (κ1) is 21.2. The molecule has 1 amide bonds. The van der Waals surface area contributed by atoms with Crippen LogP contribution in [0.15, 0.2) is 18.2 Å². The van der Waals surface area contributed by atoms with Crippen molar-refractivity contribution >= 4 is 51.5 Å². The molecule has 0 radical (unpaired) electrons. The van der Waals surface area contributed by atoms with Gasteiger partial charge in [-0.3, -0.25) is 14.9 Å². The molecule has 6 atom stereocenters. The molecule has 2 heterocycles. The van der Waals surface area contributed by atoms with Gasteiger partial charge in [0.2, 0.25) is 0 Å². The number of nitrogens with zero attached hydrogens (tertiary/aromatic N) is 1. The van der Waals surface area contributed by atoms with Gasteiger partial charge in [0.05, 0.1) is 27.2 Å². The third-order valence-corrected chi connectivity index (χ3v) is 9.18. The van der Waals surface area contributed by atoms with Gasteiger partial charge in [-0.1, -0.05) is 50.0 Å². The van der Waals surface area contributed by atoms with Gasteiger partial charge < -0.3 is 4.74 Å². The third kappa shape index (κ3) is 3.30. The third-order valence-electron chi connectivity index (χ3n) is 7.57. The molecule has 0 bridgehead atoms. The molecule has 5 nitrogen and oxygen atoms in total. The second-order valence-corrected chi connectivity index (χ2v) is 11.3. The predicted molar refractivity (Wildman–Crippen MR) is 122 cm³/mol. The average molecular weight is 479 g/mol. The van der Waals surface area contributed by atoms with E-state index in [2.05, 4.69) is 19.2 Å². The molecule has 1 N–H and O–H groups in total. The highest BCUT2D eigenvalue weighted by molar-refractivity contribution is 7.16. The maximum absolute atomic E-state index is 12.8. The summed E-state index contributed by atoms with van der Waals surface area (Å²) in [5, 5.41) is 4.05. The summed E-state index contributed by atoms with van der Waals surface area (Å²) in [6.45, 7) is 6.48. The molecule has 1 saturated carbocycles. The number of hydrogen-bond acceptors (Lipinski definition) is 5. The zero-order valence-electron chi connectivity index (χ0n) is 17.6. The molecule has 8 heteroatoms. The Labute approximate surface area is 195 Å². The summed E-state index contributed by atoms with van der Waals surface area (Å²) in [7, 11) is 0. The molecule has 2 aromatic rings. The molecule has 164 valence electrons. The normalized spacial score (nSPS) is 33.8. The minimum absolute atomic E-state index is 0.0335. The number of nitrogens with one attached hydrogen (secondary N) is 1. The summed E-state index contributed by atoms with van der Waals surface area (Å²) < 4.78 is 5.89. The van der Waals surface area contributed by atoms with Crippen molar-refractivity contribution in [3.05, 3.63) is 44.4 Å². The zero-order chi connectivity index (χ0) is 22.1.